The standard InChI is InChI=1S/C8H10N2O/c1-7(4-3-5-11)6-10-8(2)9/h3-6H,1-2,9H2/b4-3+,10-6-. The van der Waals surface area contributed by atoms with Gasteiger partial charge in [-0.25, -0.2) is 4.99 Å². The topological polar surface area (TPSA) is 55.4 Å². The first-order valence-corrected chi connectivity index (χ1v) is 2.96. The van der Waals surface area contributed by atoms with Gasteiger partial charge in [-0.1, -0.05) is 19.2 Å². The molecule has 11 heavy (non-hydrogen) atoms. The van der Waals surface area contributed by atoms with Crippen LogP contribution in [-0.4, -0.2) is 12.5 Å². The average Bonchev–Trinajstić information content (AvgIpc) is 1.97. The van der Waals surface area contributed by atoms with Crippen LogP contribution in [0.1, 0.15) is 0 Å². The highest BCUT2D eigenvalue weighted by Crippen LogP contribution is 1.88. The first-order valence-electron chi connectivity index (χ1n) is 2.96. The first-order chi connectivity index (χ1) is 5.16. The minimum Gasteiger partial charge on any atom is -0.384 e. The van der Waals surface area contributed by atoms with Crippen molar-refractivity contribution in [3.8, 4) is 0 Å². The highest BCUT2D eigenvalue weighted by Gasteiger charge is 1.79. The fourth-order valence-corrected chi connectivity index (χ4v) is 0.372. The van der Waals surface area contributed by atoms with E-state index in [-0.39, 0.29) is 5.82 Å². The van der Waals surface area contributed by atoms with Crippen LogP contribution in [0, 0.1) is 0 Å². The minimum absolute atomic E-state index is 0.214. The first kappa shape index (κ1) is 9.36. The summed E-state index contributed by atoms with van der Waals surface area (Å²) in [6.45, 7) is 6.92. The maximum absolute atomic E-state index is 9.83. The molecule has 3 nitrogen and oxygen atoms in total. The molecule has 0 spiro atoms. The highest BCUT2D eigenvalue weighted by atomic mass is 16.1. The van der Waals surface area contributed by atoms with E-state index < -0.39 is 0 Å². The van der Waals surface area contributed by atoms with Crippen molar-refractivity contribution in [1.29, 1.82) is 0 Å². The Morgan fingerprint density at radius 1 is 1.45 bits per heavy atom. The number of aliphatic imine (C=N–C) groups is 1. The van der Waals surface area contributed by atoms with E-state index in [2.05, 4.69) is 18.2 Å². The van der Waals surface area contributed by atoms with Crippen LogP contribution in [0.3, 0.4) is 0 Å². The Balaban J connectivity index is 3.97. The van der Waals surface area contributed by atoms with E-state index in [0.717, 1.165) is 0 Å². The Hall–Kier alpha value is -1.64. The summed E-state index contributed by atoms with van der Waals surface area (Å²) in [5.74, 6) is 0.214. The van der Waals surface area contributed by atoms with Crippen molar-refractivity contribution in [3.63, 3.8) is 0 Å². The SMILES string of the molecule is C=C(/C=N\C(=C)N)/C=C/C=O. The van der Waals surface area contributed by atoms with E-state index in [1.807, 2.05) is 0 Å². The van der Waals surface area contributed by atoms with Crippen LogP contribution in [0.25, 0.3) is 0 Å². The third kappa shape index (κ3) is 6.24. The van der Waals surface area contributed by atoms with Gasteiger partial charge in [0.15, 0.2) is 0 Å². The number of carbonyl (C=O) groups excluding carboxylic acids is 1. The van der Waals surface area contributed by atoms with Gasteiger partial charge in [-0.15, -0.1) is 0 Å². The summed E-state index contributed by atoms with van der Waals surface area (Å²) in [7, 11) is 0. The Labute approximate surface area is 65.6 Å². The number of rotatable bonds is 4. The van der Waals surface area contributed by atoms with Crippen LogP contribution in [0.5, 0.6) is 0 Å². The molecule has 0 amide bonds. The van der Waals surface area contributed by atoms with Crippen LogP contribution in [0.15, 0.2) is 41.7 Å². The van der Waals surface area contributed by atoms with Crippen LogP contribution < -0.4 is 5.73 Å². The quantitative estimate of drug-likeness (QED) is 0.279. The molecule has 0 rings (SSSR count). The van der Waals surface area contributed by atoms with Crippen molar-refractivity contribution in [2.45, 2.75) is 0 Å². The van der Waals surface area contributed by atoms with Crippen LogP contribution in [-0.2, 0) is 4.79 Å². The fourth-order valence-electron chi connectivity index (χ4n) is 0.372. The molecule has 2 N–H and O–H groups in total. The predicted molar refractivity (Wildman–Crippen MR) is 46.2 cm³/mol. The van der Waals surface area contributed by atoms with Crippen molar-refractivity contribution in [3.05, 3.63) is 36.7 Å². The molecule has 58 valence electrons. The number of allylic oxidation sites excluding steroid dienone is 3. The van der Waals surface area contributed by atoms with E-state index in [9.17, 15) is 4.79 Å². The minimum atomic E-state index is 0.214. The summed E-state index contributed by atoms with van der Waals surface area (Å²) in [6, 6.07) is 0. The second kappa shape index (κ2) is 5.17. The average molecular weight is 150 g/mol. The predicted octanol–water partition coefficient (Wildman–Crippen LogP) is 0.798. The zero-order chi connectivity index (χ0) is 8.69. The van der Waals surface area contributed by atoms with Crippen LogP contribution in [0.4, 0.5) is 0 Å². The Morgan fingerprint density at radius 3 is 2.55 bits per heavy atom. The van der Waals surface area contributed by atoms with Gasteiger partial charge in [0.25, 0.3) is 0 Å². The fraction of sp³-hybridized carbons (Fsp3) is 0. The number of carbonyl (C=O) groups is 1. The summed E-state index contributed by atoms with van der Waals surface area (Å²) >= 11 is 0. The van der Waals surface area contributed by atoms with Crippen molar-refractivity contribution < 1.29 is 4.79 Å². The molecule has 0 aromatic heterocycles. The van der Waals surface area contributed by atoms with Gasteiger partial charge in [0.1, 0.15) is 12.1 Å². The van der Waals surface area contributed by atoms with Gasteiger partial charge in [-0.3, -0.25) is 4.79 Å². The molecular formula is C8H10N2O. The van der Waals surface area contributed by atoms with Crippen LogP contribution >= 0.6 is 0 Å². The third-order valence-electron chi connectivity index (χ3n) is 0.785. The van der Waals surface area contributed by atoms with E-state index in [1.54, 1.807) is 0 Å². The lowest BCUT2D eigenvalue weighted by molar-refractivity contribution is -0.104. The van der Waals surface area contributed by atoms with Crippen molar-refractivity contribution in [2.75, 3.05) is 0 Å². The van der Waals surface area contributed by atoms with Gasteiger partial charge in [-0.05, 0) is 11.6 Å². The van der Waals surface area contributed by atoms with E-state index in [0.29, 0.717) is 11.9 Å². The lowest BCUT2D eigenvalue weighted by Crippen LogP contribution is -1.90. The second-order valence-corrected chi connectivity index (χ2v) is 1.82. The van der Waals surface area contributed by atoms with Gasteiger partial charge >= 0.3 is 0 Å². The molecule has 0 radical (unpaired) electrons. The van der Waals surface area contributed by atoms with Gasteiger partial charge in [0.2, 0.25) is 0 Å². The molecule has 0 aliphatic heterocycles. The molecule has 3 heteroatoms. The molecule has 0 atom stereocenters. The van der Waals surface area contributed by atoms with Crippen molar-refractivity contribution in [2.24, 2.45) is 10.7 Å². The number of hydrogen-bond acceptors (Lipinski definition) is 3. The maximum atomic E-state index is 9.83. The normalized spacial score (nSPS) is 10.5. The van der Waals surface area contributed by atoms with E-state index >= 15 is 0 Å². The van der Waals surface area contributed by atoms with Gasteiger partial charge < -0.3 is 5.73 Å². The van der Waals surface area contributed by atoms with E-state index in [4.69, 9.17) is 5.73 Å². The molecule has 0 fully saturated rings. The number of hydrogen-bond donors (Lipinski definition) is 1. The number of aldehydes is 1. The van der Waals surface area contributed by atoms with Crippen LogP contribution in [0.2, 0.25) is 0 Å². The molecule has 0 saturated heterocycles. The summed E-state index contributed by atoms with van der Waals surface area (Å²) in [5, 5.41) is 0. The molecular weight excluding hydrogens is 140 g/mol. The highest BCUT2D eigenvalue weighted by molar-refractivity contribution is 5.83. The Kier molecular flexibility index (Phi) is 4.40. The molecule has 0 aromatic carbocycles. The molecule has 0 aliphatic carbocycles. The Morgan fingerprint density at radius 2 is 2.09 bits per heavy atom. The molecule has 0 saturated carbocycles. The van der Waals surface area contributed by atoms with Crippen molar-refractivity contribution >= 4 is 12.5 Å². The van der Waals surface area contributed by atoms with Gasteiger partial charge in [-0.2, -0.15) is 0 Å². The monoisotopic (exact) mass is 150 g/mol. The summed E-state index contributed by atoms with van der Waals surface area (Å²) in [6.07, 6.45) is 4.95. The smallest absolute Gasteiger partial charge is 0.142 e. The molecule has 0 heterocycles. The Bertz CT molecular complexity index is 226. The lowest BCUT2D eigenvalue weighted by Gasteiger charge is -1.87. The maximum Gasteiger partial charge on any atom is 0.142 e. The molecule has 0 aromatic rings. The molecule has 0 unspecified atom stereocenters. The second-order valence-electron chi connectivity index (χ2n) is 1.82. The zero-order valence-corrected chi connectivity index (χ0v) is 6.16. The molecule has 0 bridgehead atoms. The van der Waals surface area contributed by atoms with Gasteiger partial charge in [0.05, 0.1) is 0 Å². The zero-order valence-electron chi connectivity index (χ0n) is 6.16. The lowest BCUT2D eigenvalue weighted by atomic mass is 10.3. The van der Waals surface area contributed by atoms with E-state index in [1.165, 1.54) is 18.4 Å². The van der Waals surface area contributed by atoms with Crippen molar-refractivity contribution in [1.82, 2.24) is 0 Å². The van der Waals surface area contributed by atoms with Gasteiger partial charge in [0, 0.05) is 6.21 Å². The largest absolute Gasteiger partial charge is 0.384 e. The summed E-state index contributed by atoms with van der Waals surface area (Å²) < 4.78 is 0. The number of nitrogens with zero attached hydrogens (tertiary/aromatic N) is 1. The summed E-state index contributed by atoms with van der Waals surface area (Å²) in [5.41, 5.74) is 5.74. The number of nitrogens with two attached hydrogens (primary N) is 1. The molecule has 0 aliphatic rings. The third-order valence-corrected chi connectivity index (χ3v) is 0.785. The summed E-state index contributed by atoms with van der Waals surface area (Å²) in [4.78, 5) is 13.5.